The summed E-state index contributed by atoms with van der Waals surface area (Å²) in [5.41, 5.74) is 8.53. The van der Waals surface area contributed by atoms with E-state index in [0.717, 1.165) is 12.8 Å². The van der Waals surface area contributed by atoms with Gasteiger partial charge >= 0.3 is 5.97 Å². The van der Waals surface area contributed by atoms with Crippen LogP contribution in [0.15, 0.2) is 18.2 Å². The van der Waals surface area contributed by atoms with Crippen LogP contribution in [0.3, 0.4) is 0 Å². The van der Waals surface area contributed by atoms with Crippen molar-refractivity contribution >= 4 is 5.97 Å². The molecule has 1 aliphatic rings. The highest BCUT2D eigenvalue weighted by atomic mass is 16.5. The van der Waals surface area contributed by atoms with Gasteiger partial charge in [-0.25, -0.2) is 4.79 Å². The smallest absolute Gasteiger partial charge is 0.328 e. The van der Waals surface area contributed by atoms with Crippen LogP contribution in [-0.4, -0.2) is 12.0 Å². The van der Waals surface area contributed by atoms with Crippen molar-refractivity contribution in [1.82, 2.24) is 0 Å². The zero-order chi connectivity index (χ0) is 13.8. The maximum atomic E-state index is 11.9. The SMILES string of the molecule is CC(C)CC(N)C(=O)Oc1ccc2c(c1)CCCC2. The highest BCUT2D eigenvalue weighted by molar-refractivity contribution is 5.78. The van der Waals surface area contributed by atoms with Crippen LogP contribution in [0.1, 0.15) is 44.2 Å². The summed E-state index contributed by atoms with van der Waals surface area (Å²) in [6, 6.07) is 5.42. The molecular weight excluding hydrogens is 238 g/mol. The van der Waals surface area contributed by atoms with Crippen molar-refractivity contribution in [3.05, 3.63) is 29.3 Å². The van der Waals surface area contributed by atoms with Crippen LogP contribution in [-0.2, 0) is 17.6 Å². The second-order valence-electron chi connectivity index (χ2n) is 5.79. The number of rotatable bonds is 4. The zero-order valence-electron chi connectivity index (χ0n) is 11.8. The van der Waals surface area contributed by atoms with Crippen LogP contribution in [0.2, 0.25) is 0 Å². The van der Waals surface area contributed by atoms with Gasteiger partial charge in [-0.1, -0.05) is 19.9 Å². The quantitative estimate of drug-likeness (QED) is 0.670. The molecule has 0 saturated heterocycles. The predicted octanol–water partition coefficient (Wildman–Crippen LogP) is 2.84. The number of ether oxygens (including phenoxy) is 1. The molecule has 19 heavy (non-hydrogen) atoms. The lowest BCUT2D eigenvalue weighted by Crippen LogP contribution is -2.35. The molecule has 104 valence electrons. The minimum absolute atomic E-state index is 0.329. The monoisotopic (exact) mass is 261 g/mol. The molecule has 3 nitrogen and oxygen atoms in total. The van der Waals surface area contributed by atoms with Gasteiger partial charge in [0.25, 0.3) is 0 Å². The van der Waals surface area contributed by atoms with Crippen LogP contribution in [0, 0.1) is 5.92 Å². The van der Waals surface area contributed by atoms with Crippen LogP contribution in [0.4, 0.5) is 0 Å². The van der Waals surface area contributed by atoms with E-state index in [2.05, 4.69) is 6.07 Å². The first kappa shape index (κ1) is 14.1. The van der Waals surface area contributed by atoms with Crippen molar-refractivity contribution < 1.29 is 9.53 Å². The Bertz CT molecular complexity index is 454. The molecule has 1 aromatic rings. The van der Waals surface area contributed by atoms with E-state index < -0.39 is 6.04 Å². The van der Waals surface area contributed by atoms with E-state index >= 15 is 0 Å². The van der Waals surface area contributed by atoms with Gasteiger partial charge in [-0.15, -0.1) is 0 Å². The summed E-state index contributed by atoms with van der Waals surface area (Å²) >= 11 is 0. The highest BCUT2D eigenvalue weighted by Crippen LogP contribution is 2.25. The third-order valence-electron chi connectivity index (χ3n) is 3.57. The summed E-state index contributed by atoms with van der Waals surface area (Å²) in [6.45, 7) is 4.10. The molecule has 0 amide bonds. The van der Waals surface area contributed by atoms with Crippen molar-refractivity contribution in [2.75, 3.05) is 0 Å². The molecule has 0 aromatic heterocycles. The fourth-order valence-electron chi connectivity index (χ4n) is 2.57. The molecule has 0 fully saturated rings. The van der Waals surface area contributed by atoms with E-state index in [9.17, 15) is 4.79 Å². The summed E-state index contributed by atoms with van der Waals surface area (Å²) in [7, 11) is 0. The maximum Gasteiger partial charge on any atom is 0.328 e. The number of carbonyl (C=O) groups excluding carboxylic acids is 1. The third-order valence-corrected chi connectivity index (χ3v) is 3.57. The first-order valence-corrected chi connectivity index (χ1v) is 7.15. The van der Waals surface area contributed by atoms with Crippen LogP contribution in [0.5, 0.6) is 5.75 Å². The Morgan fingerprint density at radius 2 is 1.95 bits per heavy atom. The van der Waals surface area contributed by atoms with Crippen molar-refractivity contribution in [2.45, 2.75) is 52.0 Å². The second kappa shape index (κ2) is 6.20. The minimum atomic E-state index is -0.531. The summed E-state index contributed by atoms with van der Waals surface area (Å²) in [5.74, 6) is 0.695. The number of hydrogen-bond donors (Lipinski definition) is 1. The maximum absolute atomic E-state index is 11.9. The lowest BCUT2D eigenvalue weighted by atomic mass is 9.92. The number of benzene rings is 1. The molecule has 0 aliphatic heterocycles. The van der Waals surface area contributed by atoms with Crippen LogP contribution in [0.25, 0.3) is 0 Å². The number of nitrogens with two attached hydrogens (primary N) is 1. The highest BCUT2D eigenvalue weighted by Gasteiger charge is 2.18. The van der Waals surface area contributed by atoms with Crippen molar-refractivity contribution in [3.63, 3.8) is 0 Å². The average Bonchev–Trinajstić information content (AvgIpc) is 2.37. The molecule has 0 radical (unpaired) electrons. The zero-order valence-corrected chi connectivity index (χ0v) is 11.8. The predicted molar refractivity (Wildman–Crippen MR) is 76.1 cm³/mol. The van der Waals surface area contributed by atoms with Gasteiger partial charge in [0.15, 0.2) is 0 Å². The van der Waals surface area contributed by atoms with Gasteiger partial charge in [-0.3, -0.25) is 0 Å². The molecule has 0 saturated carbocycles. The summed E-state index contributed by atoms with van der Waals surface area (Å²) in [4.78, 5) is 11.9. The Morgan fingerprint density at radius 1 is 1.26 bits per heavy atom. The van der Waals surface area contributed by atoms with Crippen molar-refractivity contribution in [3.8, 4) is 5.75 Å². The third kappa shape index (κ3) is 3.80. The largest absolute Gasteiger partial charge is 0.425 e. The molecule has 0 spiro atoms. The summed E-state index contributed by atoms with van der Waals surface area (Å²) in [6.07, 6.45) is 5.35. The number of esters is 1. The fourth-order valence-corrected chi connectivity index (χ4v) is 2.57. The van der Waals surface area contributed by atoms with Crippen molar-refractivity contribution in [2.24, 2.45) is 11.7 Å². The van der Waals surface area contributed by atoms with Gasteiger partial charge in [0.05, 0.1) is 0 Å². The van der Waals surface area contributed by atoms with Gasteiger partial charge in [0, 0.05) is 0 Å². The molecule has 0 bridgehead atoms. The Morgan fingerprint density at radius 3 is 2.63 bits per heavy atom. The molecule has 2 rings (SSSR count). The molecule has 2 N–H and O–H groups in total. The molecular formula is C16H23NO2. The first-order chi connectivity index (χ1) is 9.06. The molecule has 3 heteroatoms. The number of aryl methyl sites for hydroxylation is 2. The van der Waals surface area contributed by atoms with E-state index in [-0.39, 0.29) is 5.97 Å². The lowest BCUT2D eigenvalue weighted by Gasteiger charge is -2.17. The van der Waals surface area contributed by atoms with Gasteiger partial charge in [-0.05, 0) is 61.3 Å². The average molecular weight is 261 g/mol. The molecule has 1 aromatic carbocycles. The van der Waals surface area contributed by atoms with Gasteiger partial charge in [-0.2, -0.15) is 0 Å². The van der Waals surface area contributed by atoms with Gasteiger partial charge in [0.2, 0.25) is 0 Å². The van der Waals surface area contributed by atoms with Gasteiger partial charge < -0.3 is 10.5 Å². The number of hydrogen-bond acceptors (Lipinski definition) is 3. The lowest BCUT2D eigenvalue weighted by molar-refractivity contribution is -0.136. The number of fused-ring (bicyclic) bond motifs is 1. The Kier molecular flexibility index (Phi) is 4.59. The van der Waals surface area contributed by atoms with E-state index in [1.165, 1.54) is 24.0 Å². The van der Waals surface area contributed by atoms with Crippen molar-refractivity contribution in [1.29, 1.82) is 0 Å². The summed E-state index contributed by atoms with van der Waals surface area (Å²) < 4.78 is 5.38. The standard InChI is InChI=1S/C16H23NO2/c1-11(2)9-15(17)16(18)19-14-8-7-12-5-3-4-6-13(12)10-14/h7-8,10-11,15H,3-6,9,17H2,1-2H3. The first-order valence-electron chi connectivity index (χ1n) is 7.15. The van der Waals surface area contributed by atoms with Gasteiger partial charge in [0.1, 0.15) is 11.8 Å². The Hall–Kier alpha value is -1.35. The molecule has 0 heterocycles. The Labute approximate surface area is 115 Å². The normalized spacial score (nSPS) is 16.0. The van der Waals surface area contributed by atoms with E-state index in [1.54, 1.807) is 0 Å². The van der Waals surface area contributed by atoms with E-state index in [4.69, 9.17) is 10.5 Å². The topological polar surface area (TPSA) is 52.3 Å². The fraction of sp³-hybridized carbons (Fsp3) is 0.562. The van der Waals surface area contributed by atoms with Crippen LogP contribution < -0.4 is 10.5 Å². The Balaban J connectivity index is 2.01. The number of carbonyl (C=O) groups is 1. The summed E-state index contributed by atoms with van der Waals surface area (Å²) in [5, 5.41) is 0. The molecule has 1 aliphatic carbocycles. The minimum Gasteiger partial charge on any atom is -0.425 e. The van der Waals surface area contributed by atoms with E-state index in [0.29, 0.717) is 18.1 Å². The molecule has 1 atom stereocenters. The second-order valence-corrected chi connectivity index (χ2v) is 5.79. The van der Waals surface area contributed by atoms with E-state index in [1.807, 2.05) is 26.0 Å². The van der Waals surface area contributed by atoms with Crippen LogP contribution >= 0.6 is 0 Å². The molecule has 1 unspecified atom stereocenters.